The number of carbonyl (C=O) groups excluding carboxylic acids is 1. The van der Waals surface area contributed by atoms with Crippen LogP contribution < -0.4 is 10.2 Å². The lowest BCUT2D eigenvalue weighted by Crippen LogP contribution is -2.19. The summed E-state index contributed by atoms with van der Waals surface area (Å²) in [6, 6.07) is 7.49. The molecule has 0 unspecified atom stereocenters. The maximum atomic E-state index is 13.2. The van der Waals surface area contributed by atoms with Crippen LogP contribution in [0, 0.1) is 5.82 Å². The SMILES string of the molecule is CSc1ncc(C(=O)Nc2ccnc(N(C)C)n2)n1-c1ccc(F)cc1. The van der Waals surface area contributed by atoms with Crippen molar-refractivity contribution < 1.29 is 9.18 Å². The predicted molar refractivity (Wildman–Crippen MR) is 99.6 cm³/mol. The molecule has 1 N–H and O–H groups in total. The van der Waals surface area contributed by atoms with Crippen LogP contribution >= 0.6 is 11.8 Å². The van der Waals surface area contributed by atoms with Crippen molar-refractivity contribution in [1.82, 2.24) is 19.5 Å². The number of carbonyl (C=O) groups is 1. The summed E-state index contributed by atoms with van der Waals surface area (Å²) in [4.78, 5) is 27.2. The van der Waals surface area contributed by atoms with Crippen LogP contribution in [0.15, 0.2) is 47.9 Å². The van der Waals surface area contributed by atoms with Crippen molar-refractivity contribution in [3.63, 3.8) is 0 Å². The number of aromatic nitrogens is 4. The third-order valence-electron chi connectivity index (χ3n) is 3.51. The van der Waals surface area contributed by atoms with Crippen LogP contribution in [0.5, 0.6) is 0 Å². The van der Waals surface area contributed by atoms with Gasteiger partial charge in [-0.05, 0) is 36.6 Å². The predicted octanol–water partition coefficient (Wildman–Crippen LogP) is 2.84. The summed E-state index contributed by atoms with van der Waals surface area (Å²) >= 11 is 1.39. The molecule has 2 heterocycles. The number of benzene rings is 1. The van der Waals surface area contributed by atoms with Crippen molar-refractivity contribution in [2.45, 2.75) is 5.16 Å². The number of amides is 1. The first kappa shape index (κ1) is 17.9. The van der Waals surface area contributed by atoms with E-state index in [1.807, 2.05) is 20.4 Å². The van der Waals surface area contributed by atoms with Gasteiger partial charge < -0.3 is 10.2 Å². The molecule has 0 fully saturated rings. The van der Waals surface area contributed by atoms with Gasteiger partial charge in [0, 0.05) is 26.0 Å². The number of halogens is 1. The van der Waals surface area contributed by atoms with Gasteiger partial charge >= 0.3 is 0 Å². The van der Waals surface area contributed by atoms with Crippen LogP contribution in [0.1, 0.15) is 10.5 Å². The fourth-order valence-corrected chi connectivity index (χ4v) is 2.84. The second-order valence-electron chi connectivity index (χ2n) is 5.53. The standard InChI is InChI=1S/C17H17FN6OS/c1-23(2)16-19-9-8-14(22-16)21-15(25)13-10-20-17(26-3)24(13)12-6-4-11(18)5-7-12/h4-10H,1-3H3,(H,19,21,22,25). The third kappa shape index (κ3) is 3.67. The Labute approximate surface area is 154 Å². The Morgan fingerprint density at radius 1 is 1.19 bits per heavy atom. The fraction of sp³-hybridized carbons (Fsp3) is 0.176. The smallest absolute Gasteiger partial charge is 0.275 e. The molecule has 0 saturated carbocycles. The first-order chi connectivity index (χ1) is 12.5. The minimum absolute atomic E-state index is 0.325. The summed E-state index contributed by atoms with van der Waals surface area (Å²) in [5.41, 5.74) is 0.973. The summed E-state index contributed by atoms with van der Waals surface area (Å²) in [7, 11) is 3.63. The maximum absolute atomic E-state index is 13.2. The average Bonchev–Trinajstić information content (AvgIpc) is 3.06. The van der Waals surface area contributed by atoms with Gasteiger partial charge in [0.2, 0.25) is 5.95 Å². The number of imidazole rings is 1. The van der Waals surface area contributed by atoms with Gasteiger partial charge in [-0.25, -0.2) is 14.4 Å². The highest BCUT2D eigenvalue weighted by molar-refractivity contribution is 7.98. The van der Waals surface area contributed by atoms with E-state index in [9.17, 15) is 9.18 Å². The number of anilines is 2. The van der Waals surface area contributed by atoms with E-state index in [2.05, 4.69) is 20.3 Å². The average molecular weight is 372 g/mol. The van der Waals surface area contributed by atoms with E-state index in [-0.39, 0.29) is 11.7 Å². The Kier molecular flexibility index (Phi) is 5.17. The molecule has 26 heavy (non-hydrogen) atoms. The largest absolute Gasteiger partial charge is 0.347 e. The van der Waals surface area contributed by atoms with Gasteiger partial charge in [-0.15, -0.1) is 0 Å². The highest BCUT2D eigenvalue weighted by Crippen LogP contribution is 2.22. The molecule has 3 rings (SSSR count). The van der Waals surface area contributed by atoms with Gasteiger partial charge in [0.25, 0.3) is 5.91 Å². The van der Waals surface area contributed by atoms with Crippen LogP contribution in [0.3, 0.4) is 0 Å². The molecule has 2 aromatic heterocycles. The summed E-state index contributed by atoms with van der Waals surface area (Å²) in [5, 5.41) is 3.38. The molecule has 1 amide bonds. The summed E-state index contributed by atoms with van der Waals surface area (Å²) in [5.74, 6) is 0.152. The second-order valence-corrected chi connectivity index (χ2v) is 6.31. The third-order valence-corrected chi connectivity index (χ3v) is 4.17. The topological polar surface area (TPSA) is 75.9 Å². The zero-order valence-corrected chi connectivity index (χ0v) is 15.3. The Balaban J connectivity index is 1.94. The van der Waals surface area contributed by atoms with Gasteiger partial charge in [0.05, 0.1) is 6.20 Å². The Bertz CT molecular complexity index is 925. The lowest BCUT2D eigenvalue weighted by atomic mass is 10.3. The van der Waals surface area contributed by atoms with E-state index in [1.54, 1.807) is 33.9 Å². The van der Waals surface area contributed by atoms with Crippen molar-refractivity contribution in [3.8, 4) is 5.69 Å². The van der Waals surface area contributed by atoms with Gasteiger partial charge in [0.15, 0.2) is 5.16 Å². The molecule has 0 aliphatic rings. The van der Waals surface area contributed by atoms with Gasteiger partial charge in [-0.2, -0.15) is 4.98 Å². The minimum Gasteiger partial charge on any atom is -0.347 e. The Morgan fingerprint density at radius 2 is 1.92 bits per heavy atom. The number of hydrogen-bond donors (Lipinski definition) is 1. The van der Waals surface area contributed by atoms with E-state index in [1.165, 1.54) is 30.1 Å². The molecule has 0 aliphatic carbocycles. The molecule has 0 atom stereocenters. The van der Waals surface area contributed by atoms with Crippen LogP contribution in [0.25, 0.3) is 5.69 Å². The Morgan fingerprint density at radius 3 is 2.58 bits per heavy atom. The van der Waals surface area contributed by atoms with Crippen LogP contribution in [-0.2, 0) is 0 Å². The number of nitrogens with zero attached hydrogens (tertiary/aromatic N) is 5. The molecule has 9 heteroatoms. The zero-order chi connectivity index (χ0) is 18.7. The number of rotatable bonds is 5. The summed E-state index contributed by atoms with van der Waals surface area (Å²) in [6.07, 6.45) is 4.92. The molecule has 0 bridgehead atoms. The van der Waals surface area contributed by atoms with Crippen LogP contribution in [0.4, 0.5) is 16.2 Å². The first-order valence-corrected chi connectivity index (χ1v) is 8.91. The lowest BCUT2D eigenvalue weighted by molar-refractivity contribution is 0.101. The van der Waals surface area contributed by atoms with E-state index >= 15 is 0 Å². The zero-order valence-electron chi connectivity index (χ0n) is 14.5. The monoisotopic (exact) mass is 372 g/mol. The van der Waals surface area contributed by atoms with Crippen molar-refractivity contribution in [3.05, 3.63) is 54.2 Å². The van der Waals surface area contributed by atoms with Gasteiger partial charge in [-0.1, -0.05) is 11.8 Å². The lowest BCUT2D eigenvalue weighted by Gasteiger charge is -2.13. The van der Waals surface area contributed by atoms with E-state index in [0.29, 0.717) is 28.3 Å². The molecule has 0 aliphatic heterocycles. The Hall–Kier alpha value is -2.94. The highest BCUT2D eigenvalue weighted by atomic mass is 32.2. The molecule has 0 saturated heterocycles. The van der Waals surface area contributed by atoms with Crippen LogP contribution in [0.2, 0.25) is 0 Å². The molecule has 3 aromatic rings. The summed E-state index contributed by atoms with van der Waals surface area (Å²) in [6.45, 7) is 0. The molecule has 134 valence electrons. The van der Waals surface area contributed by atoms with Crippen molar-refractivity contribution in [2.75, 3.05) is 30.6 Å². The van der Waals surface area contributed by atoms with Gasteiger partial charge in [0.1, 0.15) is 17.3 Å². The molecular formula is C17H17FN6OS. The first-order valence-electron chi connectivity index (χ1n) is 7.69. The fourth-order valence-electron chi connectivity index (χ4n) is 2.29. The maximum Gasteiger partial charge on any atom is 0.275 e. The normalized spacial score (nSPS) is 10.6. The number of thioether (sulfide) groups is 1. The van der Waals surface area contributed by atoms with Crippen molar-refractivity contribution in [2.24, 2.45) is 0 Å². The molecular weight excluding hydrogens is 355 g/mol. The minimum atomic E-state index is -0.370. The van der Waals surface area contributed by atoms with Crippen molar-refractivity contribution >= 4 is 29.4 Å². The van der Waals surface area contributed by atoms with E-state index in [0.717, 1.165) is 0 Å². The van der Waals surface area contributed by atoms with E-state index in [4.69, 9.17) is 0 Å². The number of nitrogens with one attached hydrogen (secondary N) is 1. The molecule has 0 spiro atoms. The molecule has 7 nitrogen and oxygen atoms in total. The second kappa shape index (κ2) is 7.52. The van der Waals surface area contributed by atoms with E-state index < -0.39 is 0 Å². The summed E-state index contributed by atoms with van der Waals surface area (Å²) < 4.78 is 14.9. The van der Waals surface area contributed by atoms with Crippen LogP contribution in [-0.4, -0.2) is 45.8 Å². The molecule has 1 aromatic carbocycles. The van der Waals surface area contributed by atoms with Gasteiger partial charge in [-0.3, -0.25) is 9.36 Å². The molecule has 0 radical (unpaired) electrons. The number of hydrogen-bond acceptors (Lipinski definition) is 6. The highest BCUT2D eigenvalue weighted by Gasteiger charge is 2.18. The van der Waals surface area contributed by atoms with Crippen molar-refractivity contribution in [1.29, 1.82) is 0 Å². The quantitative estimate of drug-likeness (QED) is 0.694.